The second kappa shape index (κ2) is 5.55. The van der Waals surface area contributed by atoms with Gasteiger partial charge >= 0.3 is 0 Å². The second-order valence-corrected chi connectivity index (χ2v) is 6.45. The summed E-state index contributed by atoms with van der Waals surface area (Å²) in [5, 5.41) is 9.72. The molecule has 2 aliphatic carbocycles. The van der Waals surface area contributed by atoms with Crippen molar-refractivity contribution in [1.29, 1.82) is 5.26 Å². The van der Waals surface area contributed by atoms with E-state index in [-0.39, 0.29) is 0 Å². The predicted octanol–water partition coefficient (Wildman–Crippen LogP) is 3.82. The second-order valence-electron chi connectivity index (χ2n) is 6.45. The van der Waals surface area contributed by atoms with Crippen LogP contribution in [0.5, 0.6) is 0 Å². The van der Waals surface area contributed by atoms with Crippen molar-refractivity contribution in [1.82, 2.24) is 0 Å². The molecular weight excluding hydrogens is 258 g/mol. The van der Waals surface area contributed by atoms with Crippen LogP contribution in [0.4, 0.5) is 0 Å². The zero-order chi connectivity index (χ0) is 14.8. The molecule has 2 fully saturated rings. The van der Waals surface area contributed by atoms with E-state index in [0.717, 1.165) is 37.9 Å². The number of hydrogen-bond donors (Lipinski definition) is 0. The van der Waals surface area contributed by atoms with Crippen LogP contribution in [0.3, 0.4) is 0 Å². The van der Waals surface area contributed by atoms with Crippen molar-refractivity contribution < 1.29 is 4.74 Å². The van der Waals surface area contributed by atoms with Crippen molar-refractivity contribution in [3.05, 3.63) is 35.9 Å². The van der Waals surface area contributed by atoms with Crippen LogP contribution >= 0.6 is 0 Å². The fraction of sp³-hybridized carbons (Fsp3) is 0.526. The van der Waals surface area contributed by atoms with Gasteiger partial charge in [0.2, 0.25) is 0 Å². The number of rotatable bonds is 4. The number of nitriles is 1. The first-order valence-electron chi connectivity index (χ1n) is 7.80. The van der Waals surface area contributed by atoms with E-state index in [1.165, 1.54) is 12.8 Å². The molecule has 21 heavy (non-hydrogen) atoms. The van der Waals surface area contributed by atoms with Gasteiger partial charge < -0.3 is 4.74 Å². The van der Waals surface area contributed by atoms with E-state index in [9.17, 15) is 5.26 Å². The maximum absolute atomic E-state index is 9.72. The Morgan fingerprint density at radius 1 is 1.14 bits per heavy atom. The lowest BCUT2D eigenvalue weighted by atomic mass is 9.66. The fourth-order valence-corrected chi connectivity index (χ4v) is 3.20. The van der Waals surface area contributed by atoms with E-state index in [1.54, 1.807) is 0 Å². The Bertz CT molecular complexity index is 566. The minimum Gasteiger partial charge on any atom is -0.362 e. The first-order chi connectivity index (χ1) is 10.2. The van der Waals surface area contributed by atoms with Crippen LogP contribution in [0, 0.1) is 29.6 Å². The summed E-state index contributed by atoms with van der Waals surface area (Å²) in [6, 6.07) is 12.6. The molecule has 0 saturated heterocycles. The van der Waals surface area contributed by atoms with Gasteiger partial charge in [0.1, 0.15) is 5.60 Å². The molecule has 2 nitrogen and oxygen atoms in total. The van der Waals surface area contributed by atoms with E-state index in [1.807, 2.05) is 18.2 Å². The molecule has 3 rings (SSSR count). The van der Waals surface area contributed by atoms with Crippen molar-refractivity contribution in [2.24, 2.45) is 5.92 Å². The van der Waals surface area contributed by atoms with Gasteiger partial charge in [-0.2, -0.15) is 5.26 Å². The van der Waals surface area contributed by atoms with Crippen molar-refractivity contribution >= 4 is 0 Å². The monoisotopic (exact) mass is 279 g/mol. The molecule has 0 atom stereocenters. The third-order valence-electron chi connectivity index (χ3n) is 5.01. The zero-order valence-electron chi connectivity index (χ0n) is 12.3. The lowest BCUT2D eigenvalue weighted by molar-refractivity contribution is -0.0395. The van der Waals surface area contributed by atoms with Gasteiger partial charge in [-0.3, -0.25) is 0 Å². The van der Waals surface area contributed by atoms with Crippen LogP contribution in [0.15, 0.2) is 30.3 Å². The molecule has 108 valence electrons. The molecular formula is C19H21NO. The lowest BCUT2D eigenvalue weighted by Gasteiger charge is -2.40. The average Bonchev–Trinajstić information content (AvgIpc) is 3.39. The van der Waals surface area contributed by atoms with Crippen molar-refractivity contribution in [2.45, 2.75) is 49.5 Å². The maximum Gasteiger partial charge on any atom is 0.128 e. The minimum absolute atomic E-state index is 0.398. The van der Waals surface area contributed by atoms with Gasteiger partial charge in [-0.15, -0.1) is 6.42 Å². The first-order valence-corrected chi connectivity index (χ1v) is 7.80. The summed E-state index contributed by atoms with van der Waals surface area (Å²) >= 11 is 0. The summed E-state index contributed by atoms with van der Waals surface area (Å²) in [7, 11) is 0. The highest BCUT2D eigenvalue weighted by Gasteiger charge is 2.44. The molecule has 0 N–H and O–H groups in total. The van der Waals surface area contributed by atoms with E-state index in [4.69, 9.17) is 11.2 Å². The number of hydrogen-bond acceptors (Lipinski definition) is 2. The third kappa shape index (κ3) is 2.82. The van der Waals surface area contributed by atoms with Crippen LogP contribution in [0.2, 0.25) is 0 Å². The van der Waals surface area contributed by atoms with Gasteiger partial charge in [-0.1, -0.05) is 36.3 Å². The largest absolute Gasteiger partial charge is 0.362 e. The van der Waals surface area contributed by atoms with Crippen LogP contribution < -0.4 is 0 Å². The standard InChI is InChI=1S/C19H21NO/c1-2-19(21-14-16-8-9-16)12-10-18(15-20,11-13-19)17-6-4-3-5-7-17/h1,3-7,16H,8-14H2/t18-,19-. The number of ether oxygens (including phenoxy) is 1. The van der Waals surface area contributed by atoms with Crippen molar-refractivity contribution in [3.63, 3.8) is 0 Å². The minimum atomic E-state index is -0.447. The third-order valence-corrected chi connectivity index (χ3v) is 5.01. The molecule has 1 aromatic rings. The smallest absolute Gasteiger partial charge is 0.128 e. The Morgan fingerprint density at radius 3 is 2.33 bits per heavy atom. The normalized spacial score (nSPS) is 32.1. The van der Waals surface area contributed by atoms with E-state index in [0.29, 0.717) is 5.92 Å². The molecule has 0 unspecified atom stereocenters. The molecule has 0 aliphatic heterocycles. The Kier molecular flexibility index (Phi) is 3.75. The molecule has 0 heterocycles. The fourth-order valence-electron chi connectivity index (χ4n) is 3.20. The Balaban J connectivity index is 1.73. The summed E-state index contributed by atoms with van der Waals surface area (Å²) in [6.45, 7) is 0.787. The Labute approximate surface area is 127 Å². The van der Waals surface area contributed by atoms with Crippen LogP contribution in [0.1, 0.15) is 44.1 Å². The summed E-state index contributed by atoms with van der Waals surface area (Å²) in [5.41, 5.74) is 0.266. The molecule has 2 saturated carbocycles. The quantitative estimate of drug-likeness (QED) is 0.785. The Hall–Kier alpha value is -1.77. The first kappa shape index (κ1) is 14.2. The van der Waals surface area contributed by atoms with Crippen LogP contribution in [-0.4, -0.2) is 12.2 Å². The summed E-state index contributed by atoms with van der Waals surface area (Å²) in [5.74, 6) is 3.60. The van der Waals surface area contributed by atoms with E-state index in [2.05, 4.69) is 24.1 Å². The highest BCUT2D eigenvalue weighted by atomic mass is 16.5. The summed E-state index contributed by atoms with van der Waals surface area (Å²) in [4.78, 5) is 0. The molecule has 0 spiro atoms. The van der Waals surface area contributed by atoms with Gasteiger partial charge in [-0.05, 0) is 50.0 Å². The summed E-state index contributed by atoms with van der Waals surface area (Å²) in [6.07, 6.45) is 11.4. The molecule has 2 aliphatic rings. The number of benzene rings is 1. The lowest BCUT2D eigenvalue weighted by Crippen LogP contribution is -2.42. The molecule has 0 radical (unpaired) electrons. The van der Waals surface area contributed by atoms with E-state index >= 15 is 0 Å². The topological polar surface area (TPSA) is 33.0 Å². The zero-order valence-corrected chi connectivity index (χ0v) is 12.3. The molecule has 0 bridgehead atoms. The van der Waals surface area contributed by atoms with Gasteiger partial charge in [0.15, 0.2) is 0 Å². The van der Waals surface area contributed by atoms with Crippen LogP contribution in [0.25, 0.3) is 0 Å². The highest BCUT2D eigenvalue weighted by Crippen LogP contribution is 2.44. The summed E-state index contributed by atoms with van der Waals surface area (Å²) < 4.78 is 6.07. The van der Waals surface area contributed by atoms with Crippen molar-refractivity contribution in [2.75, 3.05) is 6.61 Å². The Morgan fingerprint density at radius 2 is 1.81 bits per heavy atom. The average molecular weight is 279 g/mol. The van der Waals surface area contributed by atoms with Gasteiger partial charge in [-0.25, -0.2) is 0 Å². The van der Waals surface area contributed by atoms with E-state index < -0.39 is 11.0 Å². The van der Waals surface area contributed by atoms with Crippen LogP contribution in [-0.2, 0) is 10.2 Å². The molecule has 0 aromatic heterocycles. The highest BCUT2D eigenvalue weighted by molar-refractivity contribution is 5.34. The molecule has 0 amide bonds. The predicted molar refractivity (Wildman–Crippen MR) is 82.4 cm³/mol. The number of terminal acetylenes is 1. The van der Waals surface area contributed by atoms with Gasteiger partial charge in [0.05, 0.1) is 18.1 Å². The van der Waals surface area contributed by atoms with Gasteiger partial charge in [0, 0.05) is 0 Å². The van der Waals surface area contributed by atoms with Gasteiger partial charge in [0.25, 0.3) is 0 Å². The SMILES string of the molecule is C#C[C@]1(OCC2CC2)CC[C@](C#N)(c2ccccc2)CC1. The molecule has 2 heteroatoms. The number of nitrogens with zero attached hydrogens (tertiary/aromatic N) is 1. The van der Waals surface area contributed by atoms with Crippen molar-refractivity contribution in [3.8, 4) is 18.4 Å². The maximum atomic E-state index is 9.72. The molecule has 1 aromatic carbocycles.